The molecule has 1 atom stereocenters. The zero-order chi connectivity index (χ0) is 13.3. The maximum absolute atomic E-state index is 12.8. The molecule has 6 heteroatoms. The normalized spacial score (nSPS) is 21.0. The molecule has 18 heavy (non-hydrogen) atoms. The Hall–Kier alpha value is -0.750. The predicted octanol–water partition coefficient (Wildman–Crippen LogP) is 3.64. The summed E-state index contributed by atoms with van der Waals surface area (Å²) in [5.74, 6) is -0.711. The fraction of sp³-hybridized carbons (Fsp3) is 0.500. The monoisotopic (exact) mass is 323 g/mol. The fourth-order valence-corrected chi connectivity index (χ4v) is 2.74. The van der Waals surface area contributed by atoms with Crippen LogP contribution in [-0.4, -0.2) is 18.2 Å². The van der Waals surface area contributed by atoms with E-state index in [1.54, 1.807) is 6.07 Å². The Morgan fingerprint density at radius 3 is 2.61 bits per heavy atom. The lowest BCUT2D eigenvalue weighted by Gasteiger charge is -2.25. The van der Waals surface area contributed by atoms with Crippen molar-refractivity contribution in [2.24, 2.45) is 0 Å². The van der Waals surface area contributed by atoms with Gasteiger partial charge in [0.05, 0.1) is 5.56 Å². The van der Waals surface area contributed by atoms with Crippen molar-refractivity contribution < 1.29 is 18.3 Å². The average Bonchev–Trinajstić information content (AvgIpc) is 2.31. The smallest absolute Gasteiger partial charge is 0.420 e. The average molecular weight is 324 g/mol. The van der Waals surface area contributed by atoms with Crippen LogP contribution in [0.4, 0.5) is 13.2 Å². The van der Waals surface area contributed by atoms with E-state index in [1.807, 2.05) is 0 Å². The van der Waals surface area contributed by atoms with Crippen molar-refractivity contribution in [2.45, 2.75) is 24.9 Å². The quantitative estimate of drug-likeness (QED) is 0.827. The van der Waals surface area contributed by atoms with E-state index < -0.39 is 17.5 Å². The van der Waals surface area contributed by atoms with E-state index in [9.17, 15) is 18.3 Å². The van der Waals surface area contributed by atoms with Gasteiger partial charge in [0.1, 0.15) is 5.75 Å². The summed E-state index contributed by atoms with van der Waals surface area (Å²) < 4.78 is 38.7. The summed E-state index contributed by atoms with van der Waals surface area (Å²) in [6.45, 7) is 1.47. The van der Waals surface area contributed by atoms with Crippen molar-refractivity contribution in [1.29, 1.82) is 0 Å². The molecule has 0 aliphatic carbocycles. The first-order chi connectivity index (χ1) is 8.39. The molecule has 1 fully saturated rings. The molecule has 0 spiro atoms. The van der Waals surface area contributed by atoms with Gasteiger partial charge in [-0.05, 0) is 37.1 Å². The molecule has 2 nitrogen and oxygen atoms in total. The van der Waals surface area contributed by atoms with Crippen molar-refractivity contribution in [1.82, 2.24) is 5.32 Å². The van der Waals surface area contributed by atoms with Crippen LogP contribution >= 0.6 is 15.9 Å². The number of alkyl halides is 3. The van der Waals surface area contributed by atoms with Crippen molar-refractivity contribution in [3.63, 3.8) is 0 Å². The highest BCUT2D eigenvalue weighted by molar-refractivity contribution is 9.10. The second-order valence-corrected chi connectivity index (χ2v) is 5.35. The third-order valence-corrected chi connectivity index (χ3v) is 3.60. The summed E-state index contributed by atoms with van der Waals surface area (Å²) in [6.07, 6.45) is -2.85. The molecule has 1 aliphatic rings. The molecule has 1 saturated heterocycles. The summed E-state index contributed by atoms with van der Waals surface area (Å²) in [5.41, 5.74) is -0.610. The van der Waals surface area contributed by atoms with Crippen molar-refractivity contribution >= 4 is 15.9 Å². The van der Waals surface area contributed by atoms with Gasteiger partial charge in [0.2, 0.25) is 0 Å². The van der Waals surface area contributed by atoms with Gasteiger partial charge in [-0.25, -0.2) is 0 Å². The number of piperidine rings is 1. The minimum absolute atomic E-state index is 0.0719. The lowest BCUT2D eigenvalue weighted by atomic mass is 9.89. The van der Waals surface area contributed by atoms with Crippen LogP contribution in [0.3, 0.4) is 0 Å². The highest BCUT2D eigenvalue weighted by atomic mass is 79.9. The topological polar surface area (TPSA) is 32.3 Å². The number of hydrogen-bond donors (Lipinski definition) is 2. The van der Waals surface area contributed by atoms with Gasteiger partial charge in [-0.3, -0.25) is 0 Å². The van der Waals surface area contributed by atoms with E-state index in [0.29, 0.717) is 16.6 Å². The van der Waals surface area contributed by atoms with E-state index in [4.69, 9.17) is 0 Å². The van der Waals surface area contributed by atoms with E-state index >= 15 is 0 Å². The van der Waals surface area contributed by atoms with Crippen LogP contribution in [0, 0.1) is 0 Å². The van der Waals surface area contributed by atoms with Gasteiger partial charge in [-0.15, -0.1) is 0 Å². The van der Waals surface area contributed by atoms with Gasteiger partial charge < -0.3 is 10.4 Å². The van der Waals surface area contributed by atoms with Gasteiger partial charge >= 0.3 is 6.18 Å². The Morgan fingerprint density at radius 1 is 1.33 bits per heavy atom. The zero-order valence-corrected chi connectivity index (χ0v) is 11.1. The first-order valence-electron chi connectivity index (χ1n) is 5.70. The summed E-state index contributed by atoms with van der Waals surface area (Å²) in [5, 5.41) is 13.0. The van der Waals surface area contributed by atoms with Crippen LogP contribution in [0.15, 0.2) is 16.6 Å². The molecule has 0 saturated carbocycles. The first kappa shape index (κ1) is 13.7. The predicted molar refractivity (Wildman–Crippen MR) is 65.7 cm³/mol. The number of rotatable bonds is 1. The molecular formula is C12H13BrF3NO. The molecule has 1 heterocycles. The molecule has 2 rings (SSSR count). The van der Waals surface area contributed by atoms with Crippen LogP contribution < -0.4 is 5.32 Å². The molecule has 0 aromatic heterocycles. The highest BCUT2D eigenvalue weighted by Gasteiger charge is 2.36. The summed E-state index contributed by atoms with van der Waals surface area (Å²) in [6, 6.07) is 2.48. The number of nitrogens with one attached hydrogen (secondary N) is 1. The van der Waals surface area contributed by atoms with Crippen molar-refractivity contribution in [3.05, 3.63) is 27.7 Å². The molecule has 2 N–H and O–H groups in total. The number of benzene rings is 1. The molecule has 0 amide bonds. The largest absolute Gasteiger partial charge is 0.507 e. The SMILES string of the molecule is Oc1c(C2CCCNC2)cc(Br)cc1C(F)(F)F. The molecule has 1 aromatic carbocycles. The Kier molecular flexibility index (Phi) is 3.87. The van der Waals surface area contributed by atoms with Gasteiger partial charge in [-0.1, -0.05) is 15.9 Å². The van der Waals surface area contributed by atoms with Crippen LogP contribution in [-0.2, 0) is 6.18 Å². The summed E-state index contributed by atoms with van der Waals surface area (Å²) >= 11 is 3.07. The van der Waals surface area contributed by atoms with Crippen LogP contribution in [0.25, 0.3) is 0 Å². The van der Waals surface area contributed by atoms with Gasteiger partial charge in [0.25, 0.3) is 0 Å². The van der Waals surface area contributed by atoms with Crippen LogP contribution in [0.5, 0.6) is 5.75 Å². The minimum atomic E-state index is -4.54. The summed E-state index contributed by atoms with van der Waals surface area (Å²) in [7, 11) is 0. The van der Waals surface area contributed by atoms with Crippen LogP contribution in [0.1, 0.15) is 29.9 Å². The first-order valence-corrected chi connectivity index (χ1v) is 6.49. The molecule has 1 aromatic rings. The summed E-state index contributed by atoms with van der Waals surface area (Å²) in [4.78, 5) is 0. The van der Waals surface area contributed by atoms with Crippen LogP contribution in [0.2, 0.25) is 0 Å². The Labute approximate surface area is 111 Å². The molecule has 1 unspecified atom stereocenters. The third-order valence-electron chi connectivity index (χ3n) is 3.15. The second-order valence-electron chi connectivity index (χ2n) is 4.43. The van der Waals surface area contributed by atoms with E-state index in [1.165, 1.54) is 0 Å². The van der Waals surface area contributed by atoms with Gasteiger partial charge in [-0.2, -0.15) is 13.2 Å². The van der Waals surface area contributed by atoms with Crippen molar-refractivity contribution in [3.8, 4) is 5.75 Å². The molecular weight excluding hydrogens is 311 g/mol. The second kappa shape index (κ2) is 5.09. The standard InChI is InChI=1S/C12H13BrF3NO/c13-8-4-9(7-2-1-3-17-6-7)11(18)10(5-8)12(14,15)16/h4-5,7,17-18H,1-3,6H2. The highest BCUT2D eigenvalue weighted by Crippen LogP contribution is 2.42. The Morgan fingerprint density at radius 2 is 2.06 bits per heavy atom. The minimum Gasteiger partial charge on any atom is -0.507 e. The van der Waals surface area contributed by atoms with E-state index in [-0.39, 0.29) is 5.92 Å². The number of aromatic hydroxyl groups is 1. The fourth-order valence-electron chi connectivity index (χ4n) is 2.26. The van der Waals surface area contributed by atoms with Gasteiger partial charge in [0, 0.05) is 16.9 Å². The third kappa shape index (κ3) is 2.80. The zero-order valence-electron chi connectivity index (χ0n) is 9.52. The number of hydrogen-bond acceptors (Lipinski definition) is 2. The maximum atomic E-state index is 12.8. The van der Waals surface area contributed by atoms with E-state index in [0.717, 1.165) is 25.5 Å². The number of halogens is 4. The molecule has 1 aliphatic heterocycles. The van der Waals surface area contributed by atoms with Gasteiger partial charge in [0.15, 0.2) is 0 Å². The molecule has 100 valence electrons. The maximum Gasteiger partial charge on any atom is 0.420 e. The molecule has 0 radical (unpaired) electrons. The number of phenols is 1. The number of phenolic OH excluding ortho intramolecular Hbond substituents is 1. The Balaban J connectivity index is 2.44. The van der Waals surface area contributed by atoms with E-state index in [2.05, 4.69) is 21.2 Å². The van der Waals surface area contributed by atoms with Crippen molar-refractivity contribution in [2.75, 3.05) is 13.1 Å². The lowest BCUT2D eigenvalue weighted by Crippen LogP contribution is -2.28. The lowest BCUT2D eigenvalue weighted by molar-refractivity contribution is -0.138. The Bertz CT molecular complexity index is 442. The molecule has 0 bridgehead atoms.